The fraction of sp³-hybridized carbons (Fsp3) is 0.417. The van der Waals surface area contributed by atoms with Gasteiger partial charge >= 0.3 is 5.97 Å². The predicted molar refractivity (Wildman–Crippen MR) is 56.2 cm³/mol. The summed E-state index contributed by atoms with van der Waals surface area (Å²) < 4.78 is 5.30. The number of carboxylic acids is 1. The Morgan fingerprint density at radius 2 is 2.27 bits per heavy atom. The molecule has 0 aromatic heterocycles. The molecule has 1 N–H and O–H groups in total. The van der Waals surface area contributed by atoms with Crippen molar-refractivity contribution in [2.75, 3.05) is 7.11 Å². The van der Waals surface area contributed by atoms with E-state index in [1.165, 1.54) is 5.56 Å². The number of carbonyl (C=O) groups is 1. The minimum atomic E-state index is -0.864. The van der Waals surface area contributed by atoms with Crippen LogP contribution in [0.25, 0.3) is 0 Å². The first kappa shape index (κ1) is 10.2. The van der Waals surface area contributed by atoms with Crippen LogP contribution >= 0.6 is 0 Å². The average molecular weight is 206 g/mol. The lowest BCUT2D eigenvalue weighted by Gasteiger charge is -2.23. The Kier molecular flexibility index (Phi) is 2.73. The molecule has 0 aliphatic heterocycles. The van der Waals surface area contributed by atoms with Gasteiger partial charge in [-0.1, -0.05) is 6.07 Å². The highest BCUT2D eigenvalue weighted by Crippen LogP contribution is 2.23. The van der Waals surface area contributed by atoms with Crippen molar-refractivity contribution in [3.8, 4) is 0 Å². The van der Waals surface area contributed by atoms with Crippen LogP contribution in [0.5, 0.6) is 0 Å². The summed E-state index contributed by atoms with van der Waals surface area (Å²) in [5.74, 6) is -0.864. The van der Waals surface area contributed by atoms with Gasteiger partial charge in [-0.3, -0.25) is 0 Å². The minimum absolute atomic E-state index is 0.238. The van der Waals surface area contributed by atoms with E-state index in [9.17, 15) is 4.79 Å². The zero-order valence-electron chi connectivity index (χ0n) is 8.69. The number of benzene rings is 1. The molecule has 0 heterocycles. The quantitative estimate of drug-likeness (QED) is 0.803. The van der Waals surface area contributed by atoms with Crippen molar-refractivity contribution in [2.45, 2.75) is 25.4 Å². The molecule has 0 spiro atoms. The Balaban J connectivity index is 2.30. The Labute approximate surface area is 88.7 Å². The highest BCUT2D eigenvalue weighted by Gasteiger charge is 2.19. The predicted octanol–water partition coefficient (Wildman–Crippen LogP) is 1.89. The lowest BCUT2D eigenvalue weighted by Crippen LogP contribution is -2.21. The van der Waals surface area contributed by atoms with Gasteiger partial charge in [0.1, 0.15) is 0 Å². The maximum absolute atomic E-state index is 10.8. The molecule has 3 heteroatoms. The summed E-state index contributed by atoms with van der Waals surface area (Å²) in [6.07, 6.45) is 3.07. The lowest BCUT2D eigenvalue weighted by atomic mass is 9.88. The van der Waals surface area contributed by atoms with Gasteiger partial charge in [-0.25, -0.2) is 4.79 Å². The molecule has 80 valence electrons. The molecule has 0 saturated heterocycles. The highest BCUT2D eigenvalue weighted by atomic mass is 16.5. The topological polar surface area (TPSA) is 46.5 Å². The summed E-state index contributed by atoms with van der Waals surface area (Å²) >= 11 is 0. The summed E-state index contributed by atoms with van der Waals surface area (Å²) in [6.45, 7) is 0. The zero-order chi connectivity index (χ0) is 10.8. The van der Waals surface area contributed by atoms with Crippen LogP contribution in [0.15, 0.2) is 18.2 Å². The van der Waals surface area contributed by atoms with E-state index in [1.807, 2.05) is 6.07 Å². The number of hydrogen-bond acceptors (Lipinski definition) is 2. The Morgan fingerprint density at radius 1 is 1.47 bits per heavy atom. The number of aryl methyl sites for hydroxylation is 1. The molecule has 1 aliphatic carbocycles. The van der Waals surface area contributed by atoms with E-state index < -0.39 is 5.97 Å². The molecule has 15 heavy (non-hydrogen) atoms. The van der Waals surface area contributed by atoms with Crippen molar-refractivity contribution in [1.82, 2.24) is 0 Å². The molecule has 1 aromatic rings. The van der Waals surface area contributed by atoms with E-state index in [0.29, 0.717) is 5.56 Å². The largest absolute Gasteiger partial charge is 0.478 e. The first-order valence-electron chi connectivity index (χ1n) is 5.08. The van der Waals surface area contributed by atoms with Crippen LogP contribution in [0.2, 0.25) is 0 Å². The van der Waals surface area contributed by atoms with E-state index in [2.05, 4.69) is 0 Å². The van der Waals surface area contributed by atoms with Gasteiger partial charge in [0.2, 0.25) is 0 Å². The molecule has 1 aliphatic rings. The molecule has 1 unspecified atom stereocenters. The van der Waals surface area contributed by atoms with Crippen molar-refractivity contribution < 1.29 is 14.6 Å². The monoisotopic (exact) mass is 206 g/mol. The van der Waals surface area contributed by atoms with Gasteiger partial charge in [0.15, 0.2) is 0 Å². The van der Waals surface area contributed by atoms with Gasteiger partial charge in [-0.15, -0.1) is 0 Å². The molecule has 0 saturated carbocycles. The highest BCUT2D eigenvalue weighted by molar-refractivity contribution is 5.87. The molecule has 1 aromatic carbocycles. The number of ether oxygens (including phenoxy) is 1. The van der Waals surface area contributed by atoms with Crippen LogP contribution in [0, 0.1) is 0 Å². The standard InChI is InChI=1S/C12H14O3/c1-15-11-5-4-8-2-3-9(12(13)14)6-10(8)7-11/h2-3,6,11H,4-5,7H2,1H3,(H,13,14). The summed E-state index contributed by atoms with van der Waals surface area (Å²) in [5, 5.41) is 8.88. The third-order valence-electron chi connectivity index (χ3n) is 2.97. The van der Waals surface area contributed by atoms with Crippen LogP contribution < -0.4 is 0 Å². The smallest absolute Gasteiger partial charge is 0.335 e. The van der Waals surface area contributed by atoms with Gasteiger partial charge < -0.3 is 9.84 Å². The first-order chi connectivity index (χ1) is 7.20. The van der Waals surface area contributed by atoms with Crippen LogP contribution in [-0.2, 0) is 17.6 Å². The zero-order valence-corrected chi connectivity index (χ0v) is 8.69. The third-order valence-corrected chi connectivity index (χ3v) is 2.97. The normalized spacial score (nSPS) is 19.7. The van der Waals surface area contributed by atoms with Crippen LogP contribution in [0.3, 0.4) is 0 Å². The molecule has 1 atom stereocenters. The molecular weight excluding hydrogens is 192 g/mol. The van der Waals surface area contributed by atoms with E-state index in [4.69, 9.17) is 9.84 Å². The Morgan fingerprint density at radius 3 is 2.93 bits per heavy atom. The van der Waals surface area contributed by atoms with Crippen LogP contribution in [0.1, 0.15) is 27.9 Å². The lowest BCUT2D eigenvalue weighted by molar-refractivity contribution is 0.0695. The molecule has 0 bridgehead atoms. The van der Waals surface area contributed by atoms with E-state index in [-0.39, 0.29) is 6.10 Å². The summed E-state index contributed by atoms with van der Waals surface area (Å²) in [6, 6.07) is 5.36. The average Bonchev–Trinajstić information content (AvgIpc) is 2.27. The van der Waals surface area contributed by atoms with Crippen molar-refractivity contribution in [1.29, 1.82) is 0 Å². The number of methoxy groups -OCH3 is 1. The summed E-state index contributed by atoms with van der Waals surface area (Å²) in [5.41, 5.74) is 2.74. The number of hydrogen-bond donors (Lipinski definition) is 1. The maximum atomic E-state index is 10.8. The fourth-order valence-electron chi connectivity index (χ4n) is 2.06. The van der Waals surface area contributed by atoms with Gasteiger partial charge in [0, 0.05) is 7.11 Å². The maximum Gasteiger partial charge on any atom is 0.335 e. The van der Waals surface area contributed by atoms with Crippen LogP contribution in [-0.4, -0.2) is 24.3 Å². The molecule has 0 amide bonds. The molecule has 0 radical (unpaired) electrons. The van der Waals surface area contributed by atoms with Gasteiger partial charge in [-0.05, 0) is 42.5 Å². The number of fused-ring (bicyclic) bond motifs is 1. The van der Waals surface area contributed by atoms with E-state index >= 15 is 0 Å². The van der Waals surface area contributed by atoms with Gasteiger partial charge in [0.25, 0.3) is 0 Å². The number of aromatic carboxylic acids is 1. The van der Waals surface area contributed by atoms with Crippen molar-refractivity contribution >= 4 is 5.97 Å². The Hall–Kier alpha value is -1.35. The summed E-state index contributed by atoms with van der Waals surface area (Å²) in [4.78, 5) is 10.8. The van der Waals surface area contributed by atoms with Gasteiger partial charge in [0.05, 0.1) is 11.7 Å². The number of rotatable bonds is 2. The fourth-order valence-corrected chi connectivity index (χ4v) is 2.06. The number of carboxylic acid groups (broad SMARTS) is 1. The SMILES string of the molecule is COC1CCc2ccc(C(=O)O)cc2C1. The van der Waals surface area contributed by atoms with Crippen molar-refractivity contribution in [2.24, 2.45) is 0 Å². The van der Waals surface area contributed by atoms with Crippen LogP contribution in [0.4, 0.5) is 0 Å². The molecule has 3 nitrogen and oxygen atoms in total. The minimum Gasteiger partial charge on any atom is -0.478 e. The summed E-state index contributed by atoms with van der Waals surface area (Å²) in [7, 11) is 1.71. The molecule has 0 fully saturated rings. The first-order valence-corrected chi connectivity index (χ1v) is 5.08. The second-order valence-electron chi connectivity index (χ2n) is 3.89. The van der Waals surface area contributed by atoms with E-state index in [1.54, 1.807) is 19.2 Å². The van der Waals surface area contributed by atoms with E-state index in [0.717, 1.165) is 24.8 Å². The van der Waals surface area contributed by atoms with Gasteiger partial charge in [-0.2, -0.15) is 0 Å². The second-order valence-corrected chi connectivity index (χ2v) is 3.89. The third kappa shape index (κ3) is 2.02. The molecule has 2 rings (SSSR count). The molecular formula is C12H14O3. The van der Waals surface area contributed by atoms with Crippen molar-refractivity contribution in [3.63, 3.8) is 0 Å². The Bertz CT molecular complexity index is 384. The second kappa shape index (κ2) is 4.03. The van der Waals surface area contributed by atoms with Crippen molar-refractivity contribution in [3.05, 3.63) is 34.9 Å².